The number of nitrogens with one attached hydrogen (secondary N) is 2. The van der Waals surface area contributed by atoms with Crippen molar-refractivity contribution in [1.82, 2.24) is 29.6 Å². The highest BCUT2D eigenvalue weighted by atomic mass is 32.1. The first-order chi connectivity index (χ1) is 20.5. The molecule has 0 spiro atoms. The van der Waals surface area contributed by atoms with Crippen molar-refractivity contribution >= 4 is 39.4 Å². The number of carboxylic acid groups (broad SMARTS) is 1. The quantitative estimate of drug-likeness (QED) is 0.206. The van der Waals surface area contributed by atoms with Gasteiger partial charge in [-0.1, -0.05) is 24.3 Å². The molecule has 2 atom stereocenters. The van der Waals surface area contributed by atoms with Crippen molar-refractivity contribution in [3.05, 3.63) is 82.5 Å². The van der Waals surface area contributed by atoms with Crippen molar-refractivity contribution in [2.45, 2.75) is 44.8 Å². The minimum Gasteiger partial charge on any atom is -0.465 e. The summed E-state index contributed by atoms with van der Waals surface area (Å²) in [7, 11) is 0. The number of benzene rings is 2. The number of halogens is 4. The van der Waals surface area contributed by atoms with Gasteiger partial charge < -0.3 is 15.0 Å². The molecule has 1 aliphatic rings. The number of nitrogens with zero attached hydrogens (tertiary/aromatic N) is 5. The number of anilines is 1. The maximum Gasteiger partial charge on any atom is 0.417 e. The number of alkyl halides is 4. The summed E-state index contributed by atoms with van der Waals surface area (Å²) < 4.78 is 60.4. The molecule has 1 unspecified atom stereocenters. The molecular weight excluding hydrogens is 590 g/mol. The lowest BCUT2D eigenvalue weighted by molar-refractivity contribution is -0.136. The third-order valence-electron chi connectivity index (χ3n) is 7.31. The van der Waals surface area contributed by atoms with Gasteiger partial charge >= 0.3 is 12.3 Å². The molecule has 1 aliphatic heterocycles. The number of fused-ring (bicyclic) bond motifs is 2. The minimum absolute atomic E-state index is 0.00606. The van der Waals surface area contributed by atoms with E-state index in [1.807, 2.05) is 0 Å². The second kappa shape index (κ2) is 10.8. The number of carbonyl (C=O) groups is 2. The van der Waals surface area contributed by atoms with Crippen LogP contribution in [0.4, 0.5) is 27.5 Å². The van der Waals surface area contributed by atoms with E-state index < -0.39 is 36.0 Å². The zero-order chi connectivity index (χ0) is 30.5. The Balaban J connectivity index is 1.48. The number of carbonyl (C=O) groups excluding carboxylic acids is 1. The Bertz CT molecular complexity index is 1830. The lowest BCUT2D eigenvalue weighted by atomic mass is 9.94. The smallest absolute Gasteiger partial charge is 0.417 e. The lowest BCUT2D eigenvalue weighted by Gasteiger charge is -2.16. The SMILES string of the molecule is Cc1c(-c2ccc(CNC(=O)O)cc2)cc(C(F)(F)F)c2cn(C(C(=O)Nc3nccs3)c3ncn4c3C[C@@H](F)C4)nc12. The van der Waals surface area contributed by atoms with Gasteiger partial charge in [0.2, 0.25) is 0 Å². The van der Waals surface area contributed by atoms with Crippen LogP contribution >= 0.6 is 11.3 Å². The van der Waals surface area contributed by atoms with Crippen molar-refractivity contribution in [2.24, 2.45) is 0 Å². The maximum atomic E-state index is 14.5. The molecule has 2 aromatic carbocycles. The molecule has 222 valence electrons. The molecule has 0 aliphatic carbocycles. The number of aryl methyl sites for hydroxylation is 1. The van der Waals surface area contributed by atoms with Crippen LogP contribution in [0.5, 0.6) is 0 Å². The molecule has 10 nitrogen and oxygen atoms in total. The van der Waals surface area contributed by atoms with E-state index >= 15 is 0 Å². The van der Waals surface area contributed by atoms with Crippen molar-refractivity contribution < 1.29 is 32.3 Å². The summed E-state index contributed by atoms with van der Waals surface area (Å²) >= 11 is 1.17. The largest absolute Gasteiger partial charge is 0.465 e. The monoisotopic (exact) mass is 613 g/mol. The maximum absolute atomic E-state index is 14.5. The van der Waals surface area contributed by atoms with Crippen molar-refractivity contribution in [1.29, 1.82) is 0 Å². The molecule has 0 saturated carbocycles. The molecular formula is C28H23F4N7O3S. The topological polar surface area (TPSA) is 127 Å². The summed E-state index contributed by atoms with van der Waals surface area (Å²) in [5.41, 5.74) is 1.57. The fraction of sp³-hybridized carbons (Fsp3) is 0.250. The van der Waals surface area contributed by atoms with Gasteiger partial charge in [-0.2, -0.15) is 18.3 Å². The summed E-state index contributed by atoms with van der Waals surface area (Å²) in [6.07, 6.45) is -3.03. The molecule has 5 aromatic rings. The number of hydrogen-bond acceptors (Lipinski definition) is 6. The first-order valence-corrected chi connectivity index (χ1v) is 13.9. The van der Waals surface area contributed by atoms with Gasteiger partial charge in [0.05, 0.1) is 29.6 Å². The Kier molecular flexibility index (Phi) is 7.12. The Labute approximate surface area is 245 Å². The zero-order valence-electron chi connectivity index (χ0n) is 22.4. The molecule has 15 heteroatoms. The molecule has 2 amide bonds. The van der Waals surface area contributed by atoms with Crippen molar-refractivity contribution in [3.63, 3.8) is 0 Å². The summed E-state index contributed by atoms with van der Waals surface area (Å²) in [6.45, 7) is 1.75. The van der Waals surface area contributed by atoms with E-state index in [1.165, 1.54) is 30.1 Å². The molecule has 4 heterocycles. The third-order valence-corrected chi connectivity index (χ3v) is 8.00. The van der Waals surface area contributed by atoms with Crippen LogP contribution in [0.25, 0.3) is 22.0 Å². The number of amides is 2. The molecule has 3 N–H and O–H groups in total. The lowest BCUT2D eigenvalue weighted by Crippen LogP contribution is -2.28. The summed E-state index contributed by atoms with van der Waals surface area (Å²) in [6, 6.07) is 6.20. The van der Waals surface area contributed by atoms with Crippen LogP contribution in [-0.2, 0) is 30.5 Å². The summed E-state index contributed by atoms with van der Waals surface area (Å²) in [5, 5.41) is 20.0. The van der Waals surface area contributed by atoms with Gasteiger partial charge in [0, 0.05) is 41.8 Å². The van der Waals surface area contributed by atoms with Crippen LogP contribution < -0.4 is 10.6 Å². The normalized spacial score (nSPS) is 15.4. The number of aromatic nitrogens is 5. The van der Waals surface area contributed by atoms with E-state index in [4.69, 9.17) is 5.11 Å². The van der Waals surface area contributed by atoms with Gasteiger partial charge in [-0.15, -0.1) is 11.3 Å². The van der Waals surface area contributed by atoms with Gasteiger partial charge in [-0.05, 0) is 35.2 Å². The number of rotatable bonds is 7. The molecule has 3 aromatic heterocycles. The van der Waals surface area contributed by atoms with Crippen LogP contribution in [0.1, 0.15) is 34.1 Å². The van der Waals surface area contributed by atoms with E-state index in [2.05, 4.69) is 25.7 Å². The number of hydrogen-bond donors (Lipinski definition) is 3. The standard InChI is InChI=1S/C28H23F4N7O3S/c1-14-18(16-4-2-15(3-5-16)10-34-27(41)42)9-20(28(30,31)32)19-12-39(37-22(14)19)24(25(40)36-26-33-6-7-43-26)23-21-8-17(29)11-38(21)13-35-23/h2-7,9,12-13,17,24,34H,8,10-11H2,1H3,(H,41,42)(H,33,36,40)/t17-,24?/m1/s1. The van der Waals surface area contributed by atoms with E-state index in [0.29, 0.717) is 22.4 Å². The van der Waals surface area contributed by atoms with Gasteiger partial charge in [0.1, 0.15) is 6.17 Å². The number of imidazole rings is 1. The predicted octanol–water partition coefficient (Wildman–Crippen LogP) is 5.57. The second-order valence-electron chi connectivity index (χ2n) is 10.1. The highest BCUT2D eigenvalue weighted by Gasteiger charge is 2.38. The third kappa shape index (κ3) is 5.43. The van der Waals surface area contributed by atoms with Crippen molar-refractivity contribution in [3.8, 4) is 11.1 Å². The Morgan fingerprint density at radius 1 is 1.21 bits per heavy atom. The molecule has 0 bridgehead atoms. The molecule has 0 saturated heterocycles. The van der Waals surface area contributed by atoms with Crippen molar-refractivity contribution in [2.75, 3.05) is 5.32 Å². The average Bonchev–Trinajstić information content (AvgIpc) is 3.74. The Hall–Kier alpha value is -4.79. The molecule has 43 heavy (non-hydrogen) atoms. The van der Waals surface area contributed by atoms with Gasteiger partial charge in [-0.25, -0.2) is 19.2 Å². The van der Waals surface area contributed by atoms with Crippen LogP contribution in [0.2, 0.25) is 0 Å². The fourth-order valence-electron chi connectivity index (χ4n) is 5.32. The van der Waals surface area contributed by atoms with E-state index in [0.717, 1.165) is 10.7 Å². The molecule has 0 fully saturated rings. The van der Waals surface area contributed by atoms with Gasteiger partial charge in [-0.3, -0.25) is 14.8 Å². The first-order valence-electron chi connectivity index (χ1n) is 13.0. The first kappa shape index (κ1) is 28.3. The van der Waals surface area contributed by atoms with E-state index in [1.54, 1.807) is 41.1 Å². The zero-order valence-corrected chi connectivity index (χ0v) is 23.2. The second-order valence-corrected chi connectivity index (χ2v) is 11.0. The Morgan fingerprint density at radius 2 is 1.98 bits per heavy atom. The molecule has 6 rings (SSSR count). The summed E-state index contributed by atoms with van der Waals surface area (Å²) in [4.78, 5) is 32.9. The minimum atomic E-state index is -4.75. The highest BCUT2D eigenvalue weighted by Crippen LogP contribution is 2.41. The van der Waals surface area contributed by atoms with E-state index in [9.17, 15) is 27.2 Å². The van der Waals surface area contributed by atoms with Gasteiger partial charge in [0.25, 0.3) is 5.91 Å². The van der Waals surface area contributed by atoms with Crippen LogP contribution in [0.3, 0.4) is 0 Å². The van der Waals surface area contributed by atoms with Gasteiger partial charge in [0.15, 0.2) is 11.2 Å². The Morgan fingerprint density at radius 3 is 2.65 bits per heavy atom. The fourth-order valence-corrected chi connectivity index (χ4v) is 5.85. The number of thiazole rings is 1. The van der Waals surface area contributed by atoms with Crippen LogP contribution in [0, 0.1) is 6.92 Å². The molecule has 0 radical (unpaired) electrons. The van der Waals surface area contributed by atoms with Crippen LogP contribution in [0.15, 0.2) is 54.4 Å². The predicted molar refractivity (Wildman–Crippen MR) is 149 cm³/mol. The average molecular weight is 614 g/mol. The van der Waals surface area contributed by atoms with Crippen LogP contribution in [-0.4, -0.2) is 47.6 Å². The summed E-state index contributed by atoms with van der Waals surface area (Å²) in [5.74, 6) is -0.636. The highest BCUT2D eigenvalue weighted by molar-refractivity contribution is 7.13. The van der Waals surface area contributed by atoms with E-state index in [-0.39, 0.29) is 46.8 Å².